The first kappa shape index (κ1) is 23.1. The van der Waals surface area contributed by atoms with Crippen LogP contribution in [-0.4, -0.2) is 37.1 Å². The number of piperidine rings is 1. The second kappa shape index (κ2) is 11.2. The van der Waals surface area contributed by atoms with Gasteiger partial charge in [-0.3, -0.25) is 4.99 Å². The third-order valence-corrected chi connectivity index (χ3v) is 5.39. The molecule has 1 aromatic heterocycles. The Morgan fingerprint density at radius 1 is 1.16 bits per heavy atom. The van der Waals surface area contributed by atoms with Crippen LogP contribution < -0.4 is 15.5 Å². The highest BCUT2D eigenvalue weighted by molar-refractivity contribution is 14.0. The Labute approximate surface area is 201 Å². The van der Waals surface area contributed by atoms with Crippen molar-refractivity contribution in [2.45, 2.75) is 32.4 Å². The van der Waals surface area contributed by atoms with Crippen molar-refractivity contribution in [3.8, 4) is 11.5 Å². The molecule has 0 spiro atoms. The summed E-state index contributed by atoms with van der Waals surface area (Å²) in [5, 5.41) is 6.92. The van der Waals surface area contributed by atoms with E-state index in [0.717, 1.165) is 43.1 Å². The zero-order chi connectivity index (χ0) is 20.8. The lowest BCUT2D eigenvalue weighted by Crippen LogP contribution is -2.51. The summed E-state index contributed by atoms with van der Waals surface area (Å²) in [7, 11) is 1.80. The van der Waals surface area contributed by atoms with Crippen LogP contribution in [0.4, 0.5) is 5.69 Å². The van der Waals surface area contributed by atoms with Gasteiger partial charge in [0.25, 0.3) is 0 Å². The van der Waals surface area contributed by atoms with Gasteiger partial charge in [-0.2, -0.15) is 0 Å². The largest absolute Gasteiger partial charge is 0.444 e. The number of oxazole rings is 1. The summed E-state index contributed by atoms with van der Waals surface area (Å²) in [6, 6.07) is 19.0. The summed E-state index contributed by atoms with van der Waals surface area (Å²) in [6.45, 7) is 4.74. The molecule has 0 bridgehead atoms. The molecule has 0 amide bonds. The van der Waals surface area contributed by atoms with Crippen LogP contribution in [0.25, 0.3) is 11.5 Å². The number of benzene rings is 2. The number of hydrogen-bond acceptors (Lipinski definition) is 4. The van der Waals surface area contributed by atoms with Crippen molar-refractivity contribution in [3.63, 3.8) is 0 Å². The topological polar surface area (TPSA) is 65.7 Å². The second-order valence-electron chi connectivity index (χ2n) is 7.70. The van der Waals surface area contributed by atoms with E-state index in [0.29, 0.717) is 18.5 Å². The Bertz CT molecular complexity index is 971. The van der Waals surface area contributed by atoms with Crippen molar-refractivity contribution < 1.29 is 4.42 Å². The zero-order valence-corrected chi connectivity index (χ0v) is 20.4. The molecule has 4 rings (SSSR count). The first-order chi connectivity index (χ1) is 14.7. The number of guanidine groups is 1. The predicted molar refractivity (Wildman–Crippen MR) is 137 cm³/mol. The van der Waals surface area contributed by atoms with Crippen LogP contribution in [0.5, 0.6) is 0 Å². The fourth-order valence-corrected chi connectivity index (χ4v) is 3.75. The number of nitrogens with zero attached hydrogens (tertiary/aromatic N) is 3. The molecule has 2 heterocycles. The minimum Gasteiger partial charge on any atom is -0.444 e. The Balaban J connectivity index is 0.00000272. The van der Waals surface area contributed by atoms with Gasteiger partial charge in [-0.1, -0.05) is 35.9 Å². The molecule has 1 fully saturated rings. The van der Waals surface area contributed by atoms with Crippen LogP contribution in [-0.2, 0) is 6.54 Å². The van der Waals surface area contributed by atoms with Crippen molar-refractivity contribution in [2.24, 2.45) is 4.99 Å². The van der Waals surface area contributed by atoms with Gasteiger partial charge in [0.1, 0.15) is 6.26 Å². The molecule has 0 saturated carbocycles. The maximum Gasteiger partial charge on any atom is 0.226 e. The normalized spacial score (nSPS) is 16.5. The van der Waals surface area contributed by atoms with Gasteiger partial charge in [-0.25, -0.2) is 4.98 Å². The van der Waals surface area contributed by atoms with Gasteiger partial charge in [0.2, 0.25) is 5.89 Å². The summed E-state index contributed by atoms with van der Waals surface area (Å²) in [5.74, 6) is 1.42. The van der Waals surface area contributed by atoms with Crippen molar-refractivity contribution in [1.29, 1.82) is 0 Å². The van der Waals surface area contributed by atoms with Crippen LogP contribution in [0.3, 0.4) is 0 Å². The van der Waals surface area contributed by atoms with Crippen LogP contribution in [0.15, 0.2) is 70.3 Å². The highest BCUT2D eigenvalue weighted by Gasteiger charge is 2.21. The summed E-state index contributed by atoms with van der Waals surface area (Å²) in [6.07, 6.45) is 3.99. The number of aliphatic imine (C=N–C) groups is 1. The highest BCUT2D eigenvalue weighted by atomic mass is 127. The van der Waals surface area contributed by atoms with E-state index in [1.807, 2.05) is 30.3 Å². The molecule has 31 heavy (non-hydrogen) atoms. The summed E-state index contributed by atoms with van der Waals surface area (Å²) >= 11 is 0. The molecule has 1 unspecified atom stereocenters. The first-order valence-corrected chi connectivity index (χ1v) is 10.5. The lowest BCUT2D eigenvalue weighted by molar-refractivity contribution is 0.468. The van der Waals surface area contributed by atoms with Gasteiger partial charge >= 0.3 is 0 Å². The molecular weight excluding hydrogens is 501 g/mol. The van der Waals surface area contributed by atoms with E-state index < -0.39 is 0 Å². The predicted octanol–water partition coefficient (Wildman–Crippen LogP) is 4.60. The molecule has 1 aliphatic rings. The summed E-state index contributed by atoms with van der Waals surface area (Å²) < 4.78 is 5.62. The number of aryl methyl sites for hydroxylation is 1. The molecule has 1 aliphatic heterocycles. The summed E-state index contributed by atoms with van der Waals surface area (Å²) in [4.78, 5) is 11.4. The molecule has 6 nitrogen and oxygen atoms in total. The van der Waals surface area contributed by atoms with Crippen molar-refractivity contribution >= 4 is 35.6 Å². The van der Waals surface area contributed by atoms with Crippen molar-refractivity contribution in [1.82, 2.24) is 15.6 Å². The average molecular weight is 531 g/mol. The molecule has 164 valence electrons. The van der Waals surface area contributed by atoms with Crippen LogP contribution >= 0.6 is 24.0 Å². The van der Waals surface area contributed by atoms with Crippen LogP contribution in [0.2, 0.25) is 0 Å². The van der Waals surface area contributed by atoms with E-state index in [-0.39, 0.29) is 24.0 Å². The van der Waals surface area contributed by atoms with E-state index in [4.69, 9.17) is 4.42 Å². The maximum absolute atomic E-state index is 5.62. The molecule has 3 aromatic rings. The monoisotopic (exact) mass is 531 g/mol. The van der Waals surface area contributed by atoms with Gasteiger partial charge in [0.05, 0.1) is 12.2 Å². The van der Waals surface area contributed by atoms with Gasteiger partial charge in [-0.15, -0.1) is 24.0 Å². The highest BCUT2D eigenvalue weighted by Crippen LogP contribution is 2.21. The molecule has 0 radical (unpaired) electrons. The Morgan fingerprint density at radius 2 is 1.94 bits per heavy atom. The second-order valence-corrected chi connectivity index (χ2v) is 7.70. The number of rotatable bonds is 5. The number of aromatic nitrogens is 1. The third-order valence-electron chi connectivity index (χ3n) is 5.39. The van der Waals surface area contributed by atoms with E-state index in [9.17, 15) is 0 Å². The Kier molecular flexibility index (Phi) is 8.34. The molecule has 0 aliphatic carbocycles. The lowest BCUT2D eigenvalue weighted by atomic mass is 10.0. The molecule has 1 saturated heterocycles. The number of halogens is 1. The van der Waals surface area contributed by atoms with E-state index >= 15 is 0 Å². The van der Waals surface area contributed by atoms with Gasteiger partial charge < -0.3 is 20.0 Å². The number of nitrogens with one attached hydrogen (secondary N) is 2. The smallest absolute Gasteiger partial charge is 0.226 e. The summed E-state index contributed by atoms with van der Waals surface area (Å²) in [5.41, 5.74) is 4.40. The van der Waals surface area contributed by atoms with Gasteiger partial charge in [0.15, 0.2) is 5.96 Å². The van der Waals surface area contributed by atoms with E-state index in [1.165, 1.54) is 11.3 Å². The molecular formula is C24H30IN5O. The fraction of sp³-hybridized carbons (Fsp3) is 0.333. The minimum absolute atomic E-state index is 0. The van der Waals surface area contributed by atoms with E-state index in [2.05, 4.69) is 56.7 Å². The fourth-order valence-electron chi connectivity index (χ4n) is 3.75. The number of hydrogen-bond donors (Lipinski definition) is 2. The van der Waals surface area contributed by atoms with Crippen molar-refractivity contribution in [3.05, 3.63) is 72.1 Å². The van der Waals surface area contributed by atoms with Gasteiger partial charge in [-0.05, 0) is 44.0 Å². The Morgan fingerprint density at radius 3 is 2.68 bits per heavy atom. The first-order valence-electron chi connectivity index (χ1n) is 10.5. The molecule has 1 atom stereocenters. The third kappa shape index (κ3) is 6.22. The van der Waals surface area contributed by atoms with Crippen LogP contribution in [0.1, 0.15) is 24.1 Å². The van der Waals surface area contributed by atoms with Gasteiger partial charge in [0, 0.05) is 37.4 Å². The average Bonchev–Trinajstić information content (AvgIpc) is 3.27. The number of anilines is 1. The molecule has 2 N–H and O–H groups in total. The quantitative estimate of drug-likeness (QED) is 0.286. The standard InChI is InChI=1S/C24H29N5O.HI/c1-18-10-12-22(13-11-18)29-14-6-9-20(16-29)28-24(25-2)26-15-21-17-30-23(27-21)19-7-4-3-5-8-19;/h3-5,7-8,10-13,17,20H,6,9,14-16H2,1-2H3,(H2,25,26,28);1H. The Hall–Kier alpha value is -2.55. The van der Waals surface area contributed by atoms with E-state index in [1.54, 1.807) is 13.3 Å². The van der Waals surface area contributed by atoms with Crippen LogP contribution in [0, 0.1) is 6.92 Å². The lowest BCUT2D eigenvalue weighted by Gasteiger charge is -2.35. The maximum atomic E-state index is 5.62. The SMILES string of the molecule is CN=C(NCc1coc(-c2ccccc2)n1)NC1CCCN(c2ccc(C)cc2)C1.I. The van der Waals surface area contributed by atoms with Crippen molar-refractivity contribution in [2.75, 3.05) is 25.0 Å². The zero-order valence-electron chi connectivity index (χ0n) is 18.0. The minimum atomic E-state index is 0. The molecule has 7 heteroatoms. The molecule has 2 aromatic carbocycles.